The third-order valence-electron chi connectivity index (χ3n) is 7.06. The van der Waals surface area contributed by atoms with Gasteiger partial charge in [0.1, 0.15) is 5.82 Å². The summed E-state index contributed by atoms with van der Waals surface area (Å²) in [6, 6.07) is 13.0. The molecule has 0 aliphatic carbocycles. The highest BCUT2D eigenvalue weighted by Crippen LogP contribution is 2.24. The zero-order valence-corrected chi connectivity index (χ0v) is 24.4. The fourth-order valence-corrected chi connectivity index (χ4v) is 4.81. The number of carbonyl (C=O) groups excluding carboxylic acids is 3. The molecule has 0 spiro atoms. The number of nitrogens with one attached hydrogen (secondary N) is 1. The Morgan fingerprint density at radius 2 is 1.78 bits per heavy atom. The first-order valence-corrected chi connectivity index (χ1v) is 13.8. The number of aromatic nitrogens is 2. The van der Waals surface area contributed by atoms with Crippen LogP contribution in [0, 0.1) is 0 Å². The maximum absolute atomic E-state index is 12.8. The van der Waals surface area contributed by atoms with Crippen molar-refractivity contribution >= 4 is 34.9 Å². The molecular weight excluding hydrogens is 540 g/mol. The van der Waals surface area contributed by atoms with Crippen molar-refractivity contribution in [2.24, 2.45) is 0 Å². The van der Waals surface area contributed by atoms with Gasteiger partial charge in [0.15, 0.2) is 0 Å². The standard InChI is InChI=1S/C31H35ClN6O3/c1-5-29(39)35-26-16-21(10-11-23(26)20-38-14-12-37(4)13-15-38)17-28-33-19-25(32)27(34-28)18-22-8-6-7-9-24(22)30(40)31(41)36(2)3/h5-11,16,19H,1,12-15,17-18,20H2,2-4H3,(H,35,39). The largest absolute Gasteiger partial charge is 0.342 e. The summed E-state index contributed by atoms with van der Waals surface area (Å²) in [5, 5.41) is 3.32. The molecule has 1 saturated heterocycles. The fraction of sp³-hybridized carbons (Fsp3) is 0.323. The first kappa shape index (κ1) is 30.0. The molecular formula is C31H35ClN6O3. The Morgan fingerprint density at radius 1 is 1.05 bits per heavy atom. The Bertz CT molecular complexity index is 1450. The monoisotopic (exact) mass is 574 g/mol. The third-order valence-corrected chi connectivity index (χ3v) is 7.37. The molecule has 0 bridgehead atoms. The van der Waals surface area contributed by atoms with Crippen molar-refractivity contribution < 1.29 is 14.4 Å². The van der Waals surface area contributed by atoms with Crippen LogP contribution >= 0.6 is 11.6 Å². The average Bonchev–Trinajstić information content (AvgIpc) is 2.96. The second-order valence-corrected chi connectivity index (χ2v) is 10.8. The number of rotatable bonds is 10. The number of nitrogens with zero attached hydrogens (tertiary/aromatic N) is 5. The highest BCUT2D eigenvalue weighted by Gasteiger charge is 2.22. The summed E-state index contributed by atoms with van der Waals surface area (Å²) < 4.78 is 0. The Labute approximate surface area is 245 Å². The summed E-state index contributed by atoms with van der Waals surface area (Å²) in [6.45, 7) is 8.26. The van der Waals surface area contributed by atoms with Crippen molar-refractivity contribution in [1.82, 2.24) is 24.7 Å². The topological polar surface area (TPSA) is 98.7 Å². The summed E-state index contributed by atoms with van der Waals surface area (Å²) >= 11 is 6.47. The molecule has 0 radical (unpaired) electrons. The number of likely N-dealkylation sites (N-methyl/N-ethyl adjacent to an activating group) is 2. The summed E-state index contributed by atoms with van der Waals surface area (Å²) in [5.74, 6) is -0.901. The summed E-state index contributed by atoms with van der Waals surface area (Å²) in [6.07, 6.45) is 3.49. The number of benzene rings is 2. The number of hydrogen-bond donors (Lipinski definition) is 1. The van der Waals surface area contributed by atoms with Gasteiger partial charge in [-0.2, -0.15) is 0 Å². The zero-order valence-electron chi connectivity index (χ0n) is 23.7. The second kappa shape index (κ2) is 13.6. The van der Waals surface area contributed by atoms with Crippen LogP contribution in [0.4, 0.5) is 5.69 Å². The van der Waals surface area contributed by atoms with E-state index in [1.54, 1.807) is 38.5 Å². The van der Waals surface area contributed by atoms with Crippen LogP contribution in [0.5, 0.6) is 0 Å². The number of amides is 2. The molecule has 1 aliphatic rings. The van der Waals surface area contributed by atoms with Gasteiger partial charge in [-0.25, -0.2) is 9.97 Å². The van der Waals surface area contributed by atoms with E-state index in [0.29, 0.717) is 34.1 Å². The second-order valence-electron chi connectivity index (χ2n) is 10.4. The van der Waals surface area contributed by atoms with Gasteiger partial charge in [0.2, 0.25) is 5.91 Å². The SMILES string of the molecule is C=CC(=O)Nc1cc(Cc2ncc(Cl)c(Cc3ccccc3C(=O)C(=O)N(C)C)n2)ccc1CN1CCN(C)CC1. The van der Waals surface area contributed by atoms with E-state index < -0.39 is 11.7 Å². The molecule has 2 heterocycles. The fourth-order valence-electron chi connectivity index (χ4n) is 4.65. The third kappa shape index (κ3) is 7.85. The number of anilines is 1. The molecule has 9 nitrogen and oxygen atoms in total. The van der Waals surface area contributed by atoms with Crippen LogP contribution in [-0.2, 0) is 29.0 Å². The first-order valence-electron chi connectivity index (χ1n) is 13.4. The Morgan fingerprint density at radius 3 is 2.49 bits per heavy atom. The van der Waals surface area contributed by atoms with Crippen LogP contribution in [0.15, 0.2) is 61.3 Å². The Balaban J connectivity index is 1.56. The number of Topliss-reactive ketones (excluding diaryl/α,β-unsaturated/α-hetero) is 1. The molecule has 0 atom stereocenters. The minimum Gasteiger partial charge on any atom is -0.342 e. The van der Waals surface area contributed by atoms with E-state index in [1.165, 1.54) is 11.0 Å². The van der Waals surface area contributed by atoms with E-state index in [2.05, 4.69) is 33.7 Å². The molecule has 214 valence electrons. The van der Waals surface area contributed by atoms with Gasteiger partial charge in [0.05, 0.1) is 10.7 Å². The molecule has 1 aliphatic heterocycles. The highest BCUT2D eigenvalue weighted by molar-refractivity contribution is 6.43. The number of carbonyl (C=O) groups is 3. The quantitative estimate of drug-likeness (QED) is 0.225. The van der Waals surface area contributed by atoms with Crippen molar-refractivity contribution in [1.29, 1.82) is 0 Å². The van der Waals surface area contributed by atoms with Crippen LogP contribution in [0.1, 0.15) is 38.6 Å². The van der Waals surface area contributed by atoms with Crippen molar-refractivity contribution in [2.45, 2.75) is 19.4 Å². The molecule has 4 rings (SSSR count). The van der Waals surface area contributed by atoms with Gasteiger partial charge in [-0.15, -0.1) is 0 Å². The lowest BCUT2D eigenvalue weighted by molar-refractivity contribution is -0.124. The number of hydrogen-bond acceptors (Lipinski definition) is 7. The van der Waals surface area contributed by atoms with E-state index in [9.17, 15) is 14.4 Å². The maximum Gasteiger partial charge on any atom is 0.294 e. The predicted molar refractivity (Wildman–Crippen MR) is 160 cm³/mol. The van der Waals surface area contributed by atoms with Gasteiger partial charge in [0.25, 0.3) is 11.7 Å². The van der Waals surface area contributed by atoms with Gasteiger partial charge in [-0.05, 0) is 35.9 Å². The molecule has 3 aromatic rings. The number of piperazine rings is 1. The Hall–Kier alpha value is -3.92. The van der Waals surface area contributed by atoms with Gasteiger partial charge < -0.3 is 15.1 Å². The van der Waals surface area contributed by atoms with Crippen LogP contribution in [0.2, 0.25) is 5.02 Å². The van der Waals surface area contributed by atoms with Crippen LogP contribution < -0.4 is 5.32 Å². The average molecular weight is 575 g/mol. The molecule has 2 amide bonds. The molecule has 1 aromatic heterocycles. The summed E-state index contributed by atoms with van der Waals surface area (Å²) in [5.41, 5.74) is 4.22. The van der Waals surface area contributed by atoms with Gasteiger partial charge >= 0.3 is 0 Å². The van der Waals surface area contributed by atoms with Gasteiger partial charge in [-0.1, -0.05) is 54.6 Å². The molecule has 2 aromatic carbocycles. The van der Waals surface area contributed by atoms with Crippen LogP contribution in [-0.4, -0.2) is 89.6 Å². The zero-order chi connectivity index (χ0) is 29.5. The predicted octanol–water partition coefficient (Wildman–Crippen LogP) is 3.45. The van der Waals surface area contributed by atoms with Gasteiger partial charge in [0, 0.05) is 77.1 Å². The molecule has 0 unspecified atom stereocenters. The van der Waals surface area contributed by atoms with Gasteiger partial charge in [-0.3, -0.25) is 19.3 Å². The lowest BCUT2D eigenvalue weighted by atomic mass is 9.99. The van der Waals surface area contributed by atoms with E-state index in [4.69, 9.17) is 16.6 Å². The smallest absolute Gasteiger partial charge is 0.294 e. The van der Waals surface area contributed by atoms with Crippen LogP contribution in [0.25, 0.3) is 0 Å². The van der Waals surface area contributed by atoms with E-state index in [0.717, 1.165) is 49.5 Å². The summed E-state index contributed by atoms with van der Waals surface area (Å²) in [7, 11) is 5.21. The minimum atomic E-state index is -0.595. The van der Waals surface area contributed by atoms with Crippen molar-refractivity contribution in [3.63, 3.8) is 0 Å². The Kier molecular flexibility index (Phi) is 9.99. The van der Waals surface area contributed by atoms with E-state index in [1.807, 2.05) is 24.3 Å². The molecule has 0 saturated carbocycles. The molecule has 1 fully saturated rings. The molecule has 10 heteroatoms. The van der Waals surface area contributed by atoms with Crippen molar-refractivity contribution in [2.75, 3.05) is 52.6 Å². The van der Waals surface area contributed by atoms with Crippen molar-refractivity contribution in [3.05, 3.63) is 100 Å². The first-order chi connectivity index (χ1) is 19.6. The van der Waals surface area contributed by atoms with E-state index in [-0.39, 0.29) is 12.3 Å². The lowest BCUT2D eigenvalue weighted by Gasteiger charge is -2.32. The van der Waals surface area contributed by atoms with Crippen molar-refractivity contribution in [3.8, 4) is 0 Å². The summed E-state index contributed by atoms with van der Waals surface area (Å²) in [4.78, 5) is 52.4. The number of ketones is 1. The van der Waals surface area contributed by atoms with E-state index >= 15 is 0 Å². The maximum atomic E-state index is 12.8. The normalized spacial score (nSPS) is 14.0. The molecule has 1 N–H and O–H groups in total. The molecule has 41 heavy (non-hydrogen) atoms. The highest BCUT2D eigenvalue weighted by atomic mass is 35.5. The van der Waals surface area contributed by atoms with Crippen LogP contribution in [0.3, 0.4) is 0 Å². The number of halogens is 1. The lowest BCUT2D eigenvalue weighted by Crippen LogP contribution is -2.44. The minimum absolute atomic E-state index is 0.265.